The van der Waals surface area contributed by atoms with E-state index in [0.717, 1.165) is 29.4 Å². The highest BCUT2D eigenvalue weighted by atomic mass is 127. The van der Waals surface area contributed by atoms with Crippen molar-refractivity contribution in [2.45, 2.75) is 33.4 Å². The van der Waals surface area contributed by atoms with E-state index in [2.05, 4.69) is 41.6 Å². The van der Waals surface area contributed by atoms with E-state index in [9.17, 15) is 0 Å². The molecule has 0 saturated heterocycles. The highest BCUT2D eigenvalue weighted by molar-refractivity contribution is 14.0. The predicted octanol–water partition coefficient (Wildman–Crippen LogP) is 4.31. The third-order valence-corrected chi connectivity index (χ3v) is 4.02. The van der Waals surface area contributed by atoms with Crippen molar-refractivity contribution in [3.63, 3.8) is 0 Å². The molecule has 6 heteroatoms. The number of halogens is 1. The summed E-state index contributed by atoms with van der Waals surface area (Å²) in [5, 5.41) is 15.7. The van der Waals surface area contributed by atoms with E-state index >= 15 is 0 Å². The van der Waals surface area contributed by atoms with Crippen LogP contribution in [0.2, 0.25) is 0 Å². The van der Waals surface area contributed by atoms with Crippen molar-refractivity contribution in [1.29, 1.82) is 5.26 Å². The number of benzene rings is 2. The summed E-state index contributed by atoms with van der Waals surface area (Å²) in [6, 6.07) is 15.8. The van der Waals surface area contributed by atoms with Gasteiger partial charge in [-0.3, -0.25) is 0 Å². The number of hydrogen-bond donors (Lipinski definition) is 2. The van der Waals surface area contributed by atoms with Crippen LogP contribution >= 0.6 is 24.0 Å². The fraction of sp³-hybridized carbons (Fsp3) is 0.333. The summed E-state index contributed by atoms with van der Waals surface area (Å²) >= 11 is 0. The number of ether oxygens (including phenoxy) is 1. The molecule has 2 aromatic carbocycles. The molecule has 1 atom stereocenters. The van der Waals surface area contributed by atoms with Crippen LogP contribution in [0.25, 0.3) is 0 Å². The molecule has 0 amide bonds. The Morgan fingerprint density at radius 3 is 2.70 bits per heavy atom. The van der Waals surface area contributed by atoms with E-state index in [0.29, 0.717) is 12.1 Å². The lowest BCUT2D eigenvalue weighted by Crippen LogP contribution is -2.38. The molecule has 0 fully saturated rings. The second-order valence-electron chi connectivity index (χ2n) is 6.12. The van der Waals surface area contributed by atoms with Gasteiger partial charge in [-0.2, -0.15) is 5.26 Å². The van der Waals surface area contributed by atoms with Crippen LogP contribution in [0.15, 0.2) is 47.5 Å². The number of aryl methyl sites for hydroxylation is 1. The molecule has 0 saturated carbocycles. The van der Waals surface area contributed by atoms with Crippen LogP contribution < -0.4 is 15.4 Å². The van der Waals surface area contributed by atoms with E-state index in [1.807, 2.05) is 37.3 Å². The Labute approximate surface area is 178 Å². The van der Waals surface area contributed by atoms with Gasteiger partial charge in [0.25, 0.3) is 0 Å². The number of nitrogens with one attached hydrogen (secondary N) is 2. The molecule has 2 rings (SSSR count). The van der Waals surface area contributed by atoms with Crippen molar-refractivity contribution in [2.24, 2.45) is 4.99 Å². The minimum atomic E-state index is 0. The number of guanidine groups is 1. The van der Waals surface area contributed by atoms with Crippen molar-refractivity contribution >= 4 is 29.9 Å². The summed E-state index contributed by atoms with van der Waals surface area (Å²) in [6.07, 6.45) is 0. The van der Waals surface area contributed by atoms with Gasteiger partial charge in [0.1, 0.15) is 5.75 Å². The second kappa shape index (κ2) is 11.4. The minimum Gasteiger partial charge on any atom is -0.496 e. The molecule has 2 aromatic rings. The van der Waals surface area contributed by atoms with E-state index in [-0.39, 0.29) is 30.0 Å². The average molecular weight is 478 g/mol. The van der Waals surface area contributed by atoms with Gasteiger partial charge in [-0.05, 0) is 44.5 Å². The molecule has 0 aliphatic rings. The van der Waals surface area contributed by atoms with Crippen molar-refractivity contribution in [3.05, 3.63) is 64.7 Å². The second-order valence-corrected chi connectivity index (χ2v) is 6.12. The highest BCUT2D eigenvalue weighted by Gasteiger charge is 2.13. The molecule has 0 bridgehead atoms. The fourth-order valence-corrected chi connectivity index (χ4v) is 2.70. The molecule has 144 valence electrons. The molecule has 2 N–H and O–H groups in total. The summed E-state index contributed by atoms with van der Waals surface area (Å²) in [5.41, 5.74) is 3.92. The summed E-state index contributed by atoms with van der Waals surface area (Å²) in [7, 11) is 1.68. The Bertz CT molecular complexity index is 814. The monoisotopic (exact) mass is 478 g/mol. The normalized spacial score (nSPS) is 11.7. The van der Waals surface area contributed by atoms with Gasteiger partial charge in [0.15, 0.2) is 5.96 Å². The first-order valence-electron chi connectivity index (χ1n) is 8.75. The molecule has 0 aliphatic carbocycles. The Kier molecular flexibility index (Phi) is 9.65. The fourth-order valence-electron chi connectivity index (χ4n) is 2.70. The van der Waals surface area contributed by atoms with Crippen molar-refractivity contribution in [2.75, 3.05) is 13.7 Å². The topological polar surface area (TPSA) is 69.4 Å². The van der Waals surface area contributed by atoms with Crippen LogP contribution in [0.4, 0.5) is 0 Å². The van der Waals surface area contributed by atoms with Crippen LogP contribution in [0.3, 0.4) is 0 Å². The lowest BCUT2D eigenvalue weighted by Gasteiger charge is -2.20. The molecule has 0 spiro atoms. The van der Waals surface area contributed by atoms with E-state index in [1.54, 1.807) is 13.2 Å². The predicted molar refractivity (Wildman–Crippen MR) is 121 cm³/mol. The summed E-state index contributed by atoms with van der Waals surface area (Å²) in [6.45, 7) is 7.45. The third kappa shape index (κ3) is 6.75. The standard InChI is InChI=1S/C21H26N4O.HI/c1-5-23-21(24-14-18-8-6-7-17(12-18)13-22)25-16(3)19-11-15(2)9-10-20(19)26-4;/h6-12,16H,5,14H2,1-4H3,(H2,23,24,25);1H. The molecule has 0 radical (unpaired) electrons. The Morgan fingerprint density at radius 2 is 2.04 bits per heavy atom. The molecule has 0 heterocycles. The Balaban J connectivity index is 0.00000364. The zero-order valence-corrected chi connectivity index (χ0v) is 18.6. The van der Waals surface area contributed by atoms with E-state index in [1.165, 1.54) is 5.56 Å². The number of methoxy groups -OCH3 is 1. The van der Waals surface area contributed by atoms with Crippen LogP contribution in [-0.2, 0) is 6.54 Å². The van der Waals surface area contributed by atoms with Gasteiger partial charge >= 0.3 is 0 Å². The molecule has 0 aromatic heterocycles. The minimum absolute atomic E-state index is 0. The van der Waals surface area contributed by atoms with Crippen LogP contribution in [0.1, 0.15) is 42.1 Å². The van der Waals surface area contributed by atoms with Gasteiger partial charge < -0.3 is 15.4 Å². The van der Waals surface area contributed by atoms with E-state index in [4.69, 9.17) is 10.00 Å². The zero-order chi connectivity index (χ0) is 18.9. The van der Waals surface area contributed by atoms with Gasteiger partial charge in [0.05, 0.1) is 31.3 Å². The van der Waals surface area contributed by atoms with Gasteiger partial charge in [0, 0.05) is 12.1 Å². The third-order valence-electron chi connectivity index (χ3n) is 4.02. The Morgan fingerprint density at radius 1 is 1.26 bits per heavy atom. The molecule has 5 nitrogen and oxygen atoms in total. The summed E-state index contributed by atoms with van der Waals surface area (Å²) in [5.74, 6) is 1.58. The number of hydrogen-bond acceptors (Lipinski definition) is 3. The smallest absolute Gasteiger partial charge is 0.192 e. The SMILES string of the molecule is CCNC(=NCc1cccc(C#N)c1)NC(C)c1cc(C)ccc1OC.I. The van der Waals surface area contributed by atoms with E-state index < -0.39 is 0 Å². The largest absolute Gasteiger partial charge is 0.496 e. The summed E-state index contributed by atoms with van der Waals surface area (Å²) in [4.78, 5) is 4.65. The number of rotatable bonds is 6. The van der Waals surface area contributed by atoms with Crippen LogP contribution in [0, 0.1) is 18.3 Å². The lowest BCUT2D eigenvalue weighted by atomic mass is 10.0. The van der Waals surface area contributed by atoms with Crippen LogP contribution in [0.5, 0.6) is 5.75 Å². The first kappa shape index (κ1) is 22.8. The first-order valence-corrected chi connectivity index (χ1v) is 8.75. The maximum Gasteiger partial charge on any atom is 0.192 e. The molecule has 27 heavy (non-hydrogen) atoms. The Hall–Kier alpha value is -2.27. The first-order chi connectivity index (χ1) is 12.6. The van der Waals surface area contributed by atoms with Gasteiger partial charge in [0.2, 0.25) is 0 Å². The van der Waals surface area contributed by atoms with Gasteiger partial charge in [-0.1, -0.05) is 29.8 Å². The van der Waals surface area contributed by atoms with Crippen molar-refractivity contribution in [1.82, 2.24) is 10.6 Å². The van der Waals surface area contributed by atoms with Crippen molar-refractivity contribution in [3.8, 4) is 11.8 Å². The quantitative estimate of drug-likeness (QED) is 0.369. The highest BCUT2D eigenvalue weighted by Crippen LogP contribution is 2.26. The van der Waals surface area contributed by atoms with Gasteiger partial charge in [-0.25, -0.2) is 4.99 Å². The molecule has 1 unspecified atom stereocenters. The maximum atomic E-state index is 9.02. The van der Waals surface area contributed by atoms with Gasteiger partial charge in [-0.15, -0.1) is 24.0 Å². The number of nitriles is 1. The lowest BCUT2D eigenvalue weighted by molar-refractivity contribution is 0.405. The zero-order valence-electron chi connectivity index (χ0n) is 16.2. The average Bonchev–Trinajstić information content (AvgIpc) is 2.66. The van der Waals surface area contributed by atoms with Crippen molar-refractivity contribution < 1.29 is 4.74 Å². The van der Waals surface area contributed by atoms with Crippen LogP contribution in [-0.4, -0.2) is 19.6 Å². The molecular weight excluding hydrogens is 451 g/mol. The maximum absolute atomic E-state index is 9.02. The molecular formula is C21H27IN4O. The number of nitrogens with zero attached hydrogens (tertiary/aromatic N) is 2. The molecule has 0 aliphatic heterocycles. The number of aliphatic imine (C=N–C) groups is 1. The summed E-state index contributed by atoms with van der Waals surface area (Å²) < 4.78 is 5.49.